The van der Waals surface area contributed by atoms with E-state index >= 15 is 8.78 Å². The maximum atomic E-state index is 15.6. The fourth-order valence-corrected chi connectivity index (χ4v) is 4.24. The van der Waals surface area contributed by atoms with E-state index in [0.29, 0.717) is 0 Å². The third-order valence-electron chi connectivity index (χ3n) is 5.26. The first-order valence-corrected chi connectivity index (χ1v) is 12.4. The van der Waals surface area contributed by atoms with Crippen molar-refractivity contribution in [1.82, 2.24) is 24.6 Å². The minimum absolute atomic E-state index is 0.0151. The number of aliphatic hydroxyl groups excluding tert-OH is 1. The molecule has 0 aliphatic carbocycles. The van der Waals surface area contributed by atoms with Gasteiger partial charge < -0.3 is 25.1 Å². The standard InChI is InChI=1S/C20H30F2N6O7P/c1-6-32-14-12-13(25-18(23)26-14)28(9-24-12)17-19(5,21)16(30)20(22,35-17)8-34-36(31)27-11(4)15(29)33-7-10(2)3/h9-11,16-17,30H,6-8H2,1-5H3,(H,27,31)(H2,23,25,26)/q+1/t11-,16-,17+,19+,20+/m0/s1. The second-order valence-electron chi connectivity index (χ2n) is 8.86. The minimum atomic E-state index is -3.11. The Kier molecular flexibility index (Phi) is 8.41. The normalized spacial score (nSPS) is 27.4. The number of hydrogen-bond acceptors (Lipinski definition) is 11. The summed E-state index contributed by atoms with van der Waals surface area (Å²) < 4.78 is 65.1. The Morgan fingerprint density at radius 1 is 1.39 bits per heavy atom. The Labute approximate surface area is 206 Å². The number of rotatable bonds is 11. The zero-order valence-corrected chi connectivity index (χ0v) is 21.4. The van der Waals surface area contributed by atoms with Crippen LogP contribution in [0, 0.1) is 5.92 Å². The van der Waals surface area contributed by atoms with E-state index in [2.05, 4.69) is 20.0 Å². The van der Waals surface area contributed by atoms with Crippen LogP contribution in [0.15, 0.2) is 6.33 Å². The van der Waals surface area contributed by atoms with E-state index in [-0.39, 0.29) is 42.1 Å². The van der Waals surface area contributed by atoms with Crippen LogP contribution in [0.3, 0.4) is 0 Å². The van der Waals surface area contributed by atoms with Crippen molar-refractivity contribution in [1.29, 1.82) is 0 Å². The van der Waals surface area contributed by atoms with Crippen molar-refractivity contribution in [3.8, 4) is 5.88 Å². The van der Waals surface area contributed by atoms with Crippen LogP contribution in [-0.2, 0) is 23.4 Å². The fraction of sp³-hybridized carbons (Fsp3) is 0.700. The number of aromatic nitrogens is 4. The van der Waals surface area contributed by atoms with Crippen LogP contribution in [-0.4, -0.2) is 74.1 Å². The first-order chi connectivity index (χ1) is 16.8. The van der Waals surface area contributed by atoms with Crippen LogP contribution in [0.25, 0.3) is 11.2 Å². The molecule has 1 aliphatic heterocycles. The molecule has 200 valence electrons. The molecule has 1 saturated heterocycles. The van der Waals surface area contributed by atoms with E-state index in [1.165, 1.54) is 6.92 Å². The molecule has 1 unspecified atom stereocenters. The highest BCUT2D eigenvalue weighted by Gasteiger charge is 2.65. The molecule has 4 N–H and O–H groups in total. The lowest BCUT2D eigenvalue weighted by Gasteiger charge is -2.24. The van der Waals surface area contributed by atoms with Gasteiger partial charge in [-0.1, -0.05) is 18.9 Å². The Morgan fingerprint density at radius 3 is 2.72 bits per heavy atom. The molecule has 36 heavy (non-hydrogen) atoms. The number of nitrogens with zero attached hydrogens (tertiary/aromatic N) is 4. The molecule has 2 aromatic rings. The zero-order chi connectivity index (χ0) is 26.8. The number of ether oxygens (including phenoxy) is 3. The van der Waals surface area contributed by atoms with Crippen LogP contribution in [0.1, 0.15) is 40.8 Å². The number of nitrogen functional groups attached to an aromatic ring is 1. The van der Waals surface area contributed by atoms with Crippen molar-refractivity contribution in [3.63, 3.8) is 0 Å². The van der Waals surface area contributed by atoms with Gasteiger partial charge >= 0.3 is 14.1 Å². The van der Waals surface area contributed by atoms with Crippen molar-refractivity contribution in [2.45, 2.75) is 64.5 Å². The van der Waals surface area contributed by atoms with Crippen LogP contribution in [0.4, 0.5) is 14.7 Å². The molecule has 0 saturated carbocycles. The highest BCUT2D eigenvalue weighted by Crippen LogP contribution is 2.49. The molecule has 3 heterocycles. The third kappa shape index (κ3) is 5.70. The number of alkyl halides is 2. The van der Waals surface area contributed by atoms with Gasteiger partial charge in [0.25, 0.3) is 5.85 Å². The van der Waals surface area contributed by atoms with Gasteiger partial charge in [0.2, 0.25) is 11.8 Å². The maximum Gasteiger partial charge on any atom is 0.614 e. The van der Waals surface area contributed by atoms with E-state index in [4.69, 9.17) is 24.5 Å². The number of aliphatic hydroxyl groups is 1. The Hall–Kier alpha value is -2.58. The monoisotopic (exact) mass is 535 g/mol. The van der Waals surface area contributed by atoms with Gasteiger partial charge in [-0.3, -0.25) is 9.36 Å². The molecular weight excluding hydrogens is 505 g/mol. The van der Waals surface area contributed by atoms with Gasteiger partial charge in [0, 0.05) is 0 Å². The molecule has 1 fully saturated rings. The molecule has 0 bridgehead atoms. The largest absolute Gasteiger partial charge is 0.614 e. The fourth-order valence-electron chi connectivity index (χ4n) is 3.45. The Morgan fingerprint density at radius 2 is 2.08 bits per heavy atom. The van der Waals surface area contributed by atoms with Gasteiger partial charge in [-0.25, -0.2) is 13.8 Å². The minimum Gasteiger partial charge on any atom is -0.476 e. The lowest BCUT2D eigenvalue weighted by Crippen LogP contribution is -2.46. The zero-order valence-electron chi connectivity index (χ0n) is 20.5. The third-order valence-corrected chi connectivity index (χ3v) is 6.23. The molecule has 6 atom stereocenters. The van der Waals surface area contributed by atoms with E-state index in [9.17, 15) is 14.5 Å². The maximum absolute atomic E-state index is 15.6. The van der Waals surface area contributed by atoms with Crippen LogP contribution >= 0.6 is 8.18 Å². The Bertz CT molecular complexity index is 1120. The van der Waals surface area contributed by atoms with Gasteiger partial charge in [0.05, 0.1) is 19.5 Å². The lowest BCUT2D eigenvalue weighted by atomic mass is 9.97. The molecule has 0 aromatic carbocycles. The predicted octanol–water partition coefficient (Wildman–Crippen LogP) is 1.94. The van der Waals surface area contributed by atoms with Crippen LogP contribution in [0.2, 0.25) is 0 Å². The number of hydrogen-bond donors (Lipinski definition) is 3. The average molecular weight is 535 g/mol. The summed E-state index contributed by atoms with van der Waals surface area (Å²) in [6, 6.07) is -1.03. The molecule has 1 aliphatic rings. The Balaban J connectivity index is 1.74. The van der Waals surface area contributed by atoms with E-state index < -0.39 is 50.7 Å². The smallest absolute Gasteiger partial charge is 0.476 e. The number of nitrogens with one attached hydrogen (secondary N) is 1. The molecule has 0 amide bonds. The molecule has 13 nitrogen and oxygen atoms in total. The summed E-state index contributed by atoms with van der Waals surface area (Å²) in [6.45, 7) is 7.00. The summed E-state index contributed by atoms with van der Waals surface area (Å²) in [5, 5.41) is 12.8. The number of anilines is 1. The van der Waals surface area contributed by atoms with Gasteiger partial charge in [0.15, 0.2) is 35.8 Å². The molecule has 0 radical (unpaired) electrons. The van der Waals surface area contributed by atoms with E-state index in [1.54, 1.807) is 6.92 Å². The summed E-state index contributed by atoms with van der Waals surface area (Å²) in [5.41, 5.74) is 3.12. The summed E-state index contributed by atoms with van der Waals surface area (Å²) in [5.74, 6) is -3.86. The first-order valence-electron chi connectivity index (χ1n) is 11.2. The van der Waals surface area contributed by atoms with Crippen molar-refractivity contribution in [2.75, 3.05) is 25.6 Å². The molecule has 16 heteroatoms. The average Bonchev–Trinajstić information content (AvgIpc) is 3.29. The number of fused-ring (bicyclic) bond motifs is 1. The van der Waals surface area contributed by atoms with Crippen LogP contribution < -0.4 is 15.6 Å². The number of esters is 1. The highest BCUT2D eigenvalue weighted by molar-refractivity contribution is 7.36. The lowest BCUT2D eigenvalue weighted by molar-refractivity contribution is -0.201. The molecule has 2 aromatic heterocycles. The van der Waals surface area contributed by atoms with Gasteiger partial charge in [-0.15, -0.1) is 4.52 Å². The summed E-state index contributed by atoms with van der Waals surface area (Å²) in [4.78, 5) is 24.0. The first kappa shape index (κ1) is 28.0. The number of nitrogens with two attached hydrogens (primary N) is 1. The quantitative estimate of drug-likeness (QED) is 0.282. The van der Waals surface area contributed by atoms with Crippen LogP contribution in [0.5, 0.6) is 5.88 Å². The summed E-state index contributed by atoms with van der Waals surface area (Å²) >= 11 is 0. The summed E-state index contributed by atoms with van der Waals surface area (Å²) in [7, 11) is -2.80. The van der Waals surface area contributed by atoms with Gasteiger partial charge in [-0.05, 0) is 31.3 Å². The van der Waals surface area contributed by atoms with Crippen molar-refractivity contribution >= 4 is 31.3 Å². The van der Waals surface area contributed by atoms with E-state index in [0.717, 1.165) is 17.8 Å². The molecular formula is C20H30F2N6O7P+. The number of imidazole rings is 1. The van der Waals surface area contributed by atoms with E-state index in [1.807, 2.05) is 13.8 Å². The highest BCUT2D eigenvalue weighted by atomic mass is 31.1. The second-order valence-corrected chi connectivity index (χ2v) is 9.89. The van der Waals surface area contributed by atoms with Crippen molar-refractivity contribution < 1.29 is 42.0 Å². The number of halogens is 2. The van der Waals surface area contributed by atoms with Crippen molar-refractivity contribution in [3.05, 3.63) is 6.33 Å². The molecule has 0 spiro atoms. The second kappa shape index (κ2) is 10.8. The SMILES string of the molecule is CCOc1nc(N)nc2c1ncn2[C@@H]1O[C@](F)(CO[P+](=O)N[C@@H](C)C(=O)OCC(C)C)[C@@H](O)[C@@]1(C)F. The number of carbonyl (C=O) groups excluding carboxylic acids is 1. The van der Waals surface area contributed by atoms with Gasteiger partial charge in [-0.2, -0.15) is 9.97 Å². The summed E-state index contributed by atoms with van der Waals surface area (Å²) in [6.07, 6.45) is -2.99. The van der Waals surface area contributed by atoms with Crippen molar-refractivity contribution in [2.24, 2.45) is 5.92 Å². The molecule has 3 rings (SSSR count). The van der Waals surface area contributed by atoms with Gasteiger partial charge in [0.1, 0.15) is 6.04 Å². The predicted molar refractivity (Wildman–Crippen MR) is 122 cm³/mol. The number of carbonyl (C=O) groups is 1. The topological polar surface area (TPSA) is 173 Å².